The topological polar surface area (TPSA) is 94.0 Å². The Bertz CT molecular complexity index is 1360. The van der Waals surface area contributed by atoms with Crippen molar-refractivity contribution < 1.29 is 17.6 Å². The summed E-state index contributed by atoms with van der Waals surface area (Å²) in [4.78, 5) is 17.0. The summed E-state index contributed by atoms with van der Waals surface area (Å²) in [5, 5.41) is 7.47. The highest BCUT2D eigenvalue weighted by Crippen LogP contribution is 2.28. The number of hydrogen-bond acceptors (Lipinski definition) is 6. The number of nitrogens with one attached hydrogen (secondary N) is 1. The first-order chi connectivity index (χ1) is 13.7. The average molecular weight is 430 g/mol. The Morgan fingerprint density at radius 3 is 2.66 bits per heavy atom. The van der Waals surface area contributed by atoms with Crippen molar-refractivity contribution in [1.82, 2.24) is 14.8 Å². The summed E-state index contributed by atoms with van der Waals surface area (Å²) in [6.07, 6.45) is 1.08. The molecule has 4 aromatic rings. The molecular weight excluding hydrogens is 415 g/mol. The summed E-state index contributed by atoms with van der Waals surface area (Å²) in [6, 6.07) is 12.1. The lowest BCUT2D eigenvalue weighted by molar-refractivity contribution is 0.102. The lowest BCUT2D eigenvalue weighted by atomic mass is 10.2. The number of halogens is 1. The number of hydrogen-bond donors (Lipinski definition) is 1. The highest BCUT2D eigenvalue weighted by molar-refractivity contribution is 7.90. The average Bonchev–Trinajstić information content (AvgIpc) is 3.25. The number of benzene rings is 2. The van der Waals surface area contributed by atoms with E-state index in [-0.39, 0.29) is 16.0 Å². The lowest BCUT2D eigenvalue weighted by Gasteiger charge is -2.07. The summed E-state index contributed by atoms with van der Waals surface area (Å²) in [6.45, 7) is 1.75. The highest BCUT2D eigenvalue weighted by atomic mass is 32.2. The van der Waals surface area contributed by atoms with Crippen LogP contribution in [0.5, 0.6) is 0 Å². The molecule has 2 aromatic heterocycles. The van der Waals surface area contributed by atoms with Crippen LogP contribution in [0.4, 0.5) is 10.2 Å². The second-order valence-corrected chi connectivity index (χ2v) is 9.44. The Morgan fingerprint density at radius 1 is 1.17 bits per heavy atom. The number of amides is 1. The lowest BCUT2D eigenvalue weighted by Crippen LogP contribution is -2.15. The van der Waals surface area contributed by atoms with E-state index in [1.165, 1.54) is 46.4 Å². The van der Waals surface area contributed by atoms with Gasteiger partial charge in [0, 0.05) is 17.9 Å². The summed E-state index contributed by atoms with van der Waals surface area (Å²) in [7, 11) is -3.44. The zero-order valence-corrected chi connectivity index (χ0v) is 17.0. The van der Waals surface area contributed by atoms with E-state index in [9.17, 15) is 17.6 Å². The molecule has 0 bridgehead atoms. The van der Waals surface area contributed by atoms with Gasteiger partial charge in [-0.25, -0.2) is 17.8 Å². The van der Waals surface area contributed by atoms with Gasteiger partial charge in [-0.15, -0.1) is 0 Å². The zero-order valence-electron chi connectivity index (χ0n) is 15.4. The maximum atomic E-state index is 14.0. The van der Waals surface area contributed by atoms with Gasteiger partial charge in [0.25, 0.3) is 5.91 Å². The molecule has 0 aliphatic rings. The van der Waals surface area contributed by atoms with Gasteiger partial charge in [0.15, 0.2) is 9.84 Å². The summed E-state index contributed by atoms with van der Waals surface area (Å²) in [5.74, 6) is -0.585. The quantitative estimate of drug-likeness (QED) is 0.534. The molecule has 2 heterocycles. The standard InChI is InChI=1S/C19H15FN4O3S2/c1-11-9-16(21-18(25)12-5-3-6-13(10-12)29(2,26)27)24(23-11)19-22-17-14(20)7-4-8-15(17)28-19/h3-10H,1-2H3,(H,21,25). The normalized spacial score (nSPS) is 11.7. The van der Waals surface area contributed by atoms with Crippen LogP contribution in [0.1, 0.15) is 16.1 Å². The van der Waals surface area contributed by atoms with Crippen molar-refractivity contribution in [3.05, 3.63) is 65.6 Å². The third kappa shape index (κ3) is 3.76. The van der Waals surface area contributed by atoms with E-state index in [1.54, 1.807) is 25.1 Å². The van der Waals surface area contributed by atoms with Crippen LogP contribution in [0.15, 0.2) is 53.4 Å². The van der Waals surface area contributed by atoms with Gasteiger partial charge in [-0.3, -0.25) is 4.79 Å². The fraction of sp³-hybridized carbons (Fsp3) is 0.105. The Hall–Kier alpha value is -3.11. The number of thiazole rings is 1. The van der Waals surface area contributed by atoms with Gasteiger partial charge in [-0.05, 0) is 37.3 Å². The zero-order chi connectivity index (χ0) is 20.8. The van der Waals surface area contributed by atoms with Crippen LogP contribution in [-0.4, -0.2) is 35.3 Å². The van der Waals surface area contributed by atoms with Crippen molar-refractivity contribution >= 4 is 43.1 Å². The Labute approximate surface area is 169 Å². The smallest absolute Gasteiger partial charge is 0.256 e. The minimum atomic E-state index is -3.44. The highest BCUT2D eigenvalue weighted by Gasteiger charge is 2.17. The van der Waals surface area contributed by atoms with Crippen molar-refractivity contribution in [2.75, 3.05) is 11.6 Å². The Morgan fingerprint density at radius 2 is 1.93 bits per heavy atom. The van der Waals surface area contributed by atoms with Crippen LogP contribution in [0.3, 0.4) is 0 Å². The minimum absolute atomic E-state index is 0.0523. The van der Waals surface area contributed by atoms with E-state index >= 15 is 0 Å². The first kappa shape index (κ1) is 19.2. The van der Waals surface area contributed by atoms with E-state index in [0.29, 0.717) is 21.3 Å². The monoisotopic (exact) mass is 430 g/mol. The van der Waals surface area contributed by atoms with Crippen molar-refractivity contribution in [2.24, 2.45) is 0 Å². The first-order valence-electron chi connectivity index (χ1n) is 8.46. The number of fused-ring (bicyclic) bond motifs is 1. The number of aromatic nitrogens is 3. The molecule has 148 valence electrons. The number of nitrogens with zero attached hydrogens (tertiary/aromatic N) is 3. The molecule has 0 aliphatic heterocycles. The van der Waals surface area contributed by atoms with Crippen LogP contribution >= 0.6 is 11.3 Å². The SMILES string of the molecule is Cc1cc(NC(=O)c2cccc(S(C)(=O)=O)c2)n(-c2nc3c(F)cccc3s2)n1. The number of aryl methyl sites for hydroxylation is 1. The van der Waals surface area contributed by atoms with Crippen LogP contribution in [-0.2, 0) is 9.84 Å². The molecule has 2 aromatic carbocycles. The van der Waals surface area contributed by atoms with Gasteiger partial charge in [0.05, 0.1) is 15.3 Å². The first-order valence-corrected chi connectivity index (χ1v) is 11.2. The summed E-state index contributed by atoms with van der Waals surface area (Å²) in [5.41, 5.74) is 1.05. The van der Waals surface area contributed by atoms with Crippen molar-refractivity contribution in [3.63, 3.8) is 0 Å². The molecule has 1 amide bonds. The molecule has 0 saturated heterocycles. The van der Waals surface area contributed by atoms with Crippen molar-refractivity contribution in [2.45, 2.75) is 11.8 Å². The molecule has 0 unspecified atom stereocenters. The molecule has 10 heteroatoms. The predicted octanol–water partition coefficient (Wildman–Crippen LogP) is 3.59. The number of carbonyl (C=O) groups is 1. The van der Waals surface area contributed by atoms with E-state index in [0.717, 1.165) is 6.26 Å². The molecule has 0 spiro atoms. The maximum absolute atomic E-state index is 14.0. The van der Waals surface area contributed by atoms with E-state index in [2.05, 4.69) is 15.4 Å². The Balaban J connectivity index is 1.70. The maximum Gasteiger partial charge on any atom is 0.256 e. The second kappa shape index (κ2) is 7.05. The molecule has 0 radical (unpaired) electrons. The van der Waals surface area contributed by atoms with Gasteiger partial charge in [-0.2, -0.15) is 9.78 Å². The van der Waals surface area contributed by atoms with Crippen LogP contribution in [0, 0.1) is 12.7 Å². The van der Waals surface area contributed by atoms with Gasteiger partial charge < -0.3 is 5.32 Å². The van der Waals surface area contributed by atoms with Crippen LogP contribution in [0.2, 0.25) is 0 Å². The number of para-hydroxylation sites is 1. The molecular formula is C19H15FN4O3S2. The van der Waals surface area contributed by atoms with Gasteiger partial charge in [-0.1, -0.05) is 23.5 Å². The Kier molecular flexibility index (Phi) is 4.67. The molecule has 4 rings (SSSR count). The van der Waals surface area contributed by atoms with E-state index in [4.69, 9.17) is 0 Å². The van der Waals surface area contributed by atoms with Crippen molar-refractivity contribution in [3.8, 4) is 5.13 Å². The molecule has 0 aliphatic carbocycles. The molecule has 0 atom stereocenters. The van der Waals surface area contributed by atoms with Crippen LogP contribution < -0.4 is 5.32 Å². The van der Waals surface area contributed by atoms with Gasteiger partial charge >= 0.3 is 0 Å². The number of anilines is 1. The minimum Gasteiger partial charge on any atom is -0.306 e. The van der Waals surface area contributed by atoms with E-state index in [1.807, 2.05) is 0 Å². The van der Waals surface area contributed by atoms with Gasteiger partial charge in [0.2, 0.25) is 5.13 Å². The third-order valence-corrected chi connectivity index (χ3v) is 6.24. The molecule has 1 N–H and O–H groups in total. The summed E-state index contributed by atoms with van der Waals surface area (Å²) >= 11 is 1.24. The van der Waals surface area contributed by atoms with Gasteiger partial charge in [0.1, 0.15) is 17.2 Å². The second-order valence-electron chi connectivity index (χ2n) is 6.42. The van der Waals surface area contributed by atoms with Crippen molar-refractivity contribution in [1.29, 1.82) is 0 Å². The molecule has 29 heavy (non-hydrogen) atoms. The summed E-state index contributed by atoms with van der Waals surface area (Å²) < 4.78 is 39.5. The van der Waals surface area contributed by atoms with E-state index < -0.39 is 21.6 Å². The number of sulfone groups is 1. The molecule has 0 fully saturated rings. The predicted molar refractivity (Wildman–Crippen MR) is 109 cm³/mol. The number of rotatable bonds is 4. The number of carbonyl (C=O) groups excluding carboxylic acids is 1. The molecule has 0 saturated carbocycles. The molecule has 7 nitrogen and oxygen atoms in total. The largest absolute Gasteiger partial charge is 0.306 e. The van der Waals surface area contributed by atoms with Crippen LogP contribution in [0.25, 0.3) is 15.3 Å². The fourth-order valence-electron chi connectivity index (χ4n) is 2.78. The third-order valence-electron chi connectivity index (χ3n) is 4.14. The fourth-order valence-corrected chi connectivity index (χ4v) is 4.40.